The number of carbonyl (C=O) groups is 1. The third-order valence-corrected chi connectivity index (χ3v) is 8.14. The largest absolute Gasteiger partial charge is 0.336 e. The summed E-state index contributed by atoms with van der Waals surface area (Å²) < 4.78 is 30.5. The maximum atomic E-state index is 13.2. The zero-order valence-corrected chi connectivity index (χ0v) is 20.0. The minimum absolute atomic E-state index is 0.159. The number of piperazine rings is 1. The molecule has 3 aromatic carbocycles. The van der Waals surface area contributed by atoms with E-state index in [1.54, 1.807) is 35.6 Å². The van der Waals surface area contributed by atoms with E-state index in [4.69, 9.17) is 0 Å². The summed E-state index contributed by atoms with van der Waals surface area (Å²) in [7, 11) is -3.76. The van der Waals surface area contributed by atoms with Gasteiger partial charge < -0.3 is 9.47 Å². The van der Waals surface area contributed by atoms with Gasteiger partial charge in [0.25, 0.3) is 0 Å². The fourth-order valence-corrected chi connectivity index (χ4v) is 5.76. The molecule has 1 amide bonds. The van der Waals surface area contributed by atoms with Crippen LogP contribution in [0.5, 0.6) is 0 Å². The number of hydrogen-bond donors (Lipinski definition) is 0. The van der Waals surface area contributed by atoms with E-state index in [2.05, 4.69) is 20.9 Å². The number of sulfonamides is 1. The Kier molecular flexibility index (Phi) is 5.77. The molecule has 168 valence electrons. The Hall–Kier alpha value is -3.01. The maximum absolute atomic E-state index is 13.2. The van der Waals surface area contributed by atoms with E-state index in [1.165, 1.54) is 4.31 Å². The van der Waals surface area contributed by atoms with Crippen LogP contribution in [0.15, 0.2) is 88.8 Å². The van der Waals surface area contributed by atoms with Gasteiger partial charge in [0.05, 0.1) is 17.8 Å². The van der Waals surface area contributed by atoms with E-state index in [9.17, 15) is 13.2 Å². The first-order valence-electron chi connectivity index (χ1n) is 10.4. The van der Waals surface area contributed by atoms with Crippen LogP contribution in [0, 0.1) is 0 Å². The van der Waals surface area contributed by atoms with E-state index >= 15 is 0 Å². The van der Waals surface area contributed by atoms with Crippen LogP contribution in [0.25, 0.3) is 16.5 Å². The van der Waals surface area contributed by atoms with Gasteiger partial charge in [-0.3, -0.25) is 4.79 Å². The van der Waals surface area contributed by atoms with Crippen molar-refractivity contribution in [3.05, 3.63) is 89.4 Å². The predicted octanol–water partition coefficient (Wildman–Crippen LogP) is 3.82. The van der Waals surface area contributed by atoms with Crippen molar-refractivity contribution in [3.63, 3.8) is 0 Å². The SMILES string of the molecule is O=C1CN(S(=O)(=O)c2ccc3cc(Br)ccc3c2)CCN1Cc1ccc(-n2ccnc2)cc1. The number of amides is 1. The highest BCUT2D eigenvalue weighted by Crippen LogP contribution is 2.25. The normalized spacial score (nSPS) is 15.3. The number of imidazole rings is 1. The molecule has 33 heavy (non-hydrogen) atoms. The van der Waals surface area contributed by atoms with E-state index in [1.807, 2.05) is 53.2 Å². The monoisotopic (exact) mass is 524 g/mol. The number of nitrogens with zero attached hydrogens (tertiary/aromatic N) is 4. The zero-order chi connectivity index (χ0) is 23.0. The van der Waals surface area contributed by atoms with Crippen LogP contribution < -0.4 is 0 Å². The van der Waals surface area contributed by atoms with Crippen molar-refractivity contribution in [2.45, 2.75) is 11.4 Å². The molecular formula is C24H21BrN4O3S. The molecule has 0 N–H and O–H groups in total. The maximum Gasteiger partial charge on any atom is 0.243 e. The van der Waals surface area contributed by atoms with Gasteiger partial charge in [0, 0.05) is 42.2 Å². The first-order valence-corrected chi connectivity index (χ1v) is 12.7. The molecule has 1 fully saturated rings. The molecular weight excluding hydrogens is 504 g/mol. The highest BCUT2D eigenvalue weighted by Gasteiger charge is 2.32. The Morgan fingerprint density at radius 1 is 0.939 bits per heavy atom. The third-order valence-electron chi connectivity index (χ3n) is 5.81. The van der Waals surface area contributed by atoms with Gasteiger partial charge in [-0.25, -0.2) is 13.4 Å². The third kappa shape index (κ3) is 4.44. The lowest BCUT2D eigenvalue weighted by Crippen LogP contribution is -2.51. The van der Waals surface area contributed by atoms with E-state index in [0.29, 0.717) is 13.1 Å². The molecule has 1 aromatic heterocycles. The quantitative estimate of drug-likeness (QED) is 0.397. The average Bonchev–Trinajstić information content (AvgIpc) is 3.35. The van der Waals surface area contributed by atoms with Crippen molar-refractivity contribution >= 4 is 42.6 Å². The summed E-state index contributed by atoms with van der Waals surface area (Å²) in [6.07, 6.45) is 5.32. The summed E-state index contributed by atoms with van der Waals surface area (Å²) in [6.45, 7) is 0.900. The Balaban J connectivity index is 1.28. The molecule has 0 spiro atoms. The van der Waals surface area contributed by atoms with Crippen molar-refractivity contribution in [1.29, 1.82) is 0 Å². The van der Waals surface area contributed by atoms with Gasteiger partial charge in [-0.15, -0.1) is 0 Å². The first kappa shape index (κ1) is 21.8. The molecule has 0 aliphatic carbocycles. The van der Waals surface area contributed by atoms with Crippen LogP contribution in [0.2, 0.25) is 0 Å². The number of benzene rings is 3. The average molecular weight is 525 g/mol. The standard InChI is InChI=1S/C24H21BrN4O3S/c25-21-5-3-20-14-23(8-4-19(20)13-21)33(31,32)29-12-11-27(24(30)16-29)15-18-1-6-22(7-2-18)28-10-9-26-17-28/h1-10,13-14,17H,11-12,15-16H2. The van der Waals surface area contributed by atoms with Crippen molar-refractivity contribution in [3.8, 4) is 5.69 Å². The number of hydrogen-bond acceptors (Lipinski definition) is 4. The Morgan fingerprint density at radius 3 is 2.42 bits per heavy atom. The number of fused-ring (bicyclic) bond motifs is 1. The molecule has 1 aliphatic heterocycles. The van der Waals surface area contributed by atoms with Crippen LogP contribution in [0.1, 0.15) is 5.56 Å². The molecule has 9 heteroatoms. The van der Waals surface area contributed by atoms with Crippen LogP contribution in [0.3, 0.4) is 0 Å². The molecule has 0 saturated carbocycles. The van der Waals surface area contributed by atoms with Gasteiger partial charge in [-0.2, -0.15) is 4.31 Å². The molecule has 0 unspecified atom stereocenters. The number of carbonyl (C=O) groups excluding carboxylic acids is 1. The summed E-state index contributed by atoms with van der Waals surface area (Å²) in [4.78, 5) is 18.7. The minimum atomic E-state index is -3.76. The summed E-state index contributed by atoms with van der Waals surface area (Å²) in [5.74, 6) is -0.201. The molecule has 4 aromatic rings. The lowest BCUT2D eigenvalue weighted by atomic mass is 10.1. The Bertz CT molecular complexity index is 1420. The second-order valence-electron chi connectivity index (χ2n) is 7.94. The number of halogens is 1. The van der Waals surface area contributed by atoms with Crippen LogP contribution in [-0.2, 0) is 21.4 Å². The fraction of sp³-hybridized carbons (Fsp3) is 0.167. The van der Waals surface area contributed by atoms with Gasteiger partial charge >= 0.3 is 0 Å². The van der Waals surface area contributed by atoms with Gasteiger partial charge in [-0.1, -0.05) is 40.2 Å². The van der Waals surface area contributed by atoms with Gasteiger partial charge in [0.1, 0.15) is 0 Å². The van der Waals surface area contributed by atoms with E-state index in [-0.39, 0.29) is 23.9 Å². The number of rotatable bonds is 5. The lowest BCUT2D eigenvalue weighted by molar-refractivity contribution is -0.134. The Labute approximate surface area is 200 Å². The number of aromatic nitrogens is 2. The molecule has 7 nitrogen and oxygen atoms in total. The highest BCUT2D eigenvalue weighted by atomic mass is 79.9. The van der Waals surface area contributed by atoms with E-state index in [0.717, 1.165) is 26.5 Å². The zero-order valence-electron chi connectivity index (χ0n) is 17.6. The predicted molar refractivity (Wildman–Crippen MR) is 129 cm³/mol. The first-order chi connectivity index (χ1) is 15.9. The fourth-order valence-electron chi connectivity index (χ4n) is 3.97. The topological polar surface area (TPSA) is 75.5 Å². The van der Waals surface area contributed by atoms with Crippen molar-refractivity contribution < 1.29 is 13.2 Å². The molecule has 5 rings (SSSR count). The molecule has 1 aliphatic rings. The molecule has 2 heterocycles. The smallest absolute Gasteiger partial charge is 0.243 e. The molecule has 0 radical (unpaired) electrons. The Morgan fingerprint density at radius 2 is 1.70 bits per heavy atom. The van der Waals surface area contributed by atoms with Crippen molar-refractivity contribution in [1.82, 2.24) is 18.8 Å². The molecule has 0 atom stereocenters. The second kappa shape index (κ2) is 8.74. The van der Waals surface area contributed by atoms with Gasteiger partial charge in [0.2, 0.25) is 15.9 Å². The van der Waals surface area contributed by atoms with Crippen LogP contribution in [-0.4, -0.2) is 52.7 Å². The van der Waals surface area contributed by atoms with Gasteiger partial charge in [0.15, 0.2) is 0 Å². The second-order valence-corrected chi connectivity index (χ2v) is 10.8. The lowest BCUT2D eigenvalue weighted by Gasteiger charge is -2.33. The molecule has 0 bridgehead atoms. The van der Waals surface area contributed by atoms with Crippen molar-refractivity contribution in [2.75, 3.05) is 19.6 Å². The summed E-state index contributed by atoms with van der Waals surface area (Å²) in [5.41, 5.74) is 1.98. The van der Waals surface area contributed by atoms with Gasteiger partial charge in [-0.05, 0) is 52.7 Å². The van der Waals surface area contributed by atoms with Crippen LogP contribution >= 0.6 is 15.9 Å². The molecule has 1 saturated heterocycles. The van der Waals surface area contributed by atoms with Crippen LogP contribution in [0.4, 0.5) is 0 Å². The summed E-state index contributed by atoms with van der Waals surface area (Å²) in [6, 6.07) is 18.6. The minimum Gasteiger partial charge on any atom is -0.336 e. The van der Waals surface area contributed by atoms with Crippen molar-refractivity contribution in [2.24, 2.45) is 0 Å². The highest BCUT2D eigenvalue weighted by molar-refractivity contribution is 9.10. The summed E-state index contributed by atoms with van der Waals surface area (Å²) >= 11 is 3.43. The summed E-state index contributed by atoms with van der Waals surface area (Å²) in [5, 5.41) is 1.78. The van der Waals surface area contributed by atoms with E-state index < -0.39 is 10.0 Å².